The van der Waals surface area contributed by atoms with Crippen LogP contribution in [0.25, 0.3) is 0 Å². The third kappa shape index (κ3) is 3.75. The summed E-state index contributed by atoms with van der Waals surface area (Å²) in [5, 5.41) is 0.990. The van der Waals surface area contributed by atoms with Crippen molar-refractivity contribution in [2.24, 2.45) is 0 Å². The highest BCUT2D eigenvalue weighted by Crippen LogP contribution is 2.32. The van der Waals surface area contributed by atoms with E-state index in [9.17, 15) is 4.79 Å². The van der Waals surface area contributed by atoms with E-state index < -0.39 is 0 Å². The van der Waals surface area contributed by atoms with Crippen LogP contribution in [-0.2, 0) is 0 Å². The normalized spacial score (nSPS) is 10.4. The maximum absolute atomic E-state index is 12.0. The summed E-state index contributed by atoms with van der Waals surface area (Å²) in [5.41, 5.74) is 1.38. The largest absolute Gasteiger partial charge is 0.484 e. The van der Waals surface area contributed by atoms with Crippen LogP contribution < -0.4 is 4.74 Å². The number of carbonyl (C=O) groups is 1. The van der Waals surface area contributed by atoms with Gasteiger partial charge in [-0.2, -0.15) is 0 Å². The number of aryl methyl sites for hydroxylation is 1. The lowest BCUT2D eigenvalue weighted by Gasteiger charge is -2.11. The molecule has 0 aliphatic rings. The van der Waals surface area contributed by atoms with Gasteiger partial charge in [-0.3, -0.25) is 4.79 Å². The summed E-state index contributed by atoms with van der Waals surface area (Å²) in [5.74, 6) is 0.371. The van der Waals surface area contributed by atoms with E-state index in [2.05, 4.69) is 15.9 Å². The van der Waals surface area contributed by atoms with Gasteiger partial charge in [0.15, 0.2) is 12.4 Å². The van der Waals surface area contributed by atoms with Gasteiger partial charge in [0.2, 0.25) is 0 Å². The minimum Gasteiger partial charge on any atom is -0.484 e. The van der Waals surface area contributed by atoms with Crippen molar-refractivity contribution in [2.75, 3.05) is 6.61 Å². The van der Waals surface area contributed by atoms with E-state index in [-0.39, 0.29) is 12.4 Å². The van der Waals surface area contributed by atoms with Gasteiger partial charge in [-0.15, -0.1) is 0 Å². The number of Topliss-reactive ketones (excluding diaryl/α,β-unsaturated/α-hetero) is 1. The molecule has 2 nitrogen and oxygen atoms in total. The molecule has 0 spiro atoms. The molecular weight excluding hydrogens is 363 g/mol. The van der Waals surface area contributed by atoms with Crippen molar-refractivity contribution in [3.05, 3.63) is 62.0 Å². The lowest BCUT2D eigenvalue weighted by Crippen LogP contribution is -2.12. The third-order valence-electron chi connectivity index (χ3n) is 2.69. The molecule has 0 atom stereocenters. The average Bonchev–Trinajstić information content (AvgIpc) is 2.37. The van der Waals surface area contributed by atoms with E-state index in [4.69, 9.17) is 27.9 Å². The van der Waals surface area contributed by atoms with E-state index in [1.54, 1.807) is 30.3 Å². The van der Waals surface area contributed by atoms with Crippen LogP contribution in [0.1, 0.15) is 15.9 Å². The summed E-state index contributed by atoms with van der Waals surface area (Å²) < 4.78 is 6.40. The zero-order valence-electron chi connectivity index (χ0n) is 10.6. The van der Waals surface area contributed by atoms with Gasteiger partial charge >= 0.3 is 0 Å². The Labute approximate surface area is 135 Å². The minimum atomic E-state index is -0.147. The Morgan fingerprint density at radius 3 is 2.65 bits per heavy atom. The maximum atomic E-state index is 12.0. The standard InChI is InChI=1S/C15H11BrCl2O2/c1-9-5-11(16)7-13(18)15(9)20-8-14(19)10-3-2-4-12(17)6-10/h2-7H,8H2,1H3. The van der Waals surface area contributed by atoms with Gasteiger partial charge in [0.25, 0.3) is 0 Å². The highest BCUT2D eigenvalue weighted by molar-refractivity contribution is 9.10. The van der Waals surface area contributed by atoms with Crippen molar-refractivity contribution >= 4 is 44.9 Å². The predicted molar refractivity (Wildman–Crippen MR) is 85.2 cm³/mol. The highest BCUT2D eigenvalue weighted by Gasteiger charge is 2.11. The Morgan fingerprint density at radius 2 is 2.00 bits per heavy atom. The van der Waals surface area contributed by atoms with Crippen molar-refractivity contribution in [3.8, 4) is 5.75 Å². The number of hydrogen-bond donors (Lipinski definition) is 0. The number of hydrogen-bond acceptors (Lipinski definition) is 2. The molecule has 0 aromatic heterocycles. The van der Waals surface area contributed by atoms with Gasteiger partial charge < -0.3 is 4.74 Å². The maximum Gasteiger partial charge on any atom is 0.200 e. The van der Waals surface area contributed by atoms with Crippen LogP contribution in [-0.4, -0.2) is 12.4 Å². The molecule has 0 radical (unpaired) electrons. The Kier molecular flexibility index (Phi) is 5.08. The molecule has 5 heteroatoms. The molecule has 0 bridgehead atoms. The summed E-state index contributed by atoms with van der Waals surface area (Å²) >= 11 is 15.3. The lowest BCUT2D eigenvalue weighted by molar-refractivity contribution is 0.0921. The van der Waals surface area contributed by atoms with Gasteiger partial charge in [-0.1, -0.05) is 51.3 Å². The Morgan fingerprint density at radius 1 is 1.25 bits per heavy atom. The van der Waals surface area contributed by atoms with Gasteiger partial charge in [0, 0.05) is 15.1 Å². The zero-order valence-corrected chi connectivity index (χ0v) is 13.7. The molecule has 0 unspecified atom stereocenters. The number of rotatable bonds is 4. The first-order valence-electron chi connectivity index (χ1n) is 5.84. The van der Waals surface area contributed by atoms with E-state index in [1.807, 2.05) is 13.0 Å². The molecule has 0 N–H and O–H groups in total. The van der Waals surface area contributed by atoms with Crippen molar-refractivity contribution in [1.29, 1.82) is 0 Å². The van der Waals surface area contributed by atoms with E-state index in [0.29, 0.717) is 21.4 Å². The van der Waals surface area contributed by atoms with E-state index >= 15 is 0 Å². The zero-order chi connectivity index (χ0) is 14.7. The van der Waals surface area contributed by atoms with Crippen LogP contribution in [0.3, 0.4) is 0 Å². The first kappa shape index (κ1) is 15.4. The van der Waals surface area contributed by atoms with Crippen LogP contribution in [0.5, 0.6) is 5.75 Å². The van der Waals surface area contributed by atoms with Crippen LogP contribution in [0.15, 0.2) is 40.9 Å². The molecule has 104 valence electrons. The monoisotopic (exact) mass is 372 g/mol. The number of ketones is 1. The van der Waals surface area contributed by atoms with Crippen molar-refractivity contribution < 1.29 is 9.53 Å². The molecule has 2 aromatic rings. The summed E-state index contributed by atoms with van der Waals surface area (Å²) in [7, 11) is 0. The molecule has 0 saturated heterocycles. The van der Waals surface area contributed by atoms with Gasteiger partial charge in [-0.05, 0) is 36.8 Å². The number of halogens is 3. The van der Waals surface area contributed by atoms with Gasteiger partial charge in [0.1, 0.15) is 5.75 Å². The molecule has 2 rings (SSSR count). The van der Waals surface area contributed by atoms with E-state index in [1.165, 1.54) is 0 Å². The fraction of sp³-hybridized carbons (Fsp3) is 0.133. The fourth-order valence-electron chi connectivity index (χ4n) is 1.75. The topological polar surface area (TPSA) is 26.3 Å². The minimum absolute atomic E-state index is 0.0808. The smallest absolute Gasteiger partial charge is 0.200 e. The predicted octanol–water partition coefficient (Wildman–Crippen LogP) is 5.33. The molecule has 0 fully saturated rings. The number of benzene rings is 2. The second-order valence-corrected chi connectivity index (χ2v) is 6.02. The average molecular weight is 374 g/mol. The summed E-state index contributed by atoms with van der Waals surface area (Å²) in [4.78, 5) is 12.0. The SMILES string of the molecule is Cc1cc(Br)cc(Cl)c1OCC(=O)c1cccc(Cl)c1. The van der Waals surface area contributed by atoms with Crippen molar-refractivity contribution in [1.82, 2.24) is 0 Å². The highest BCUT2D eigenvalue weighted by atomic mass is 79.9. The van der Waals surface area contributed by atoms with Crippen LogP contribution >= 0.6 is 39.1 Å². The first-order valence-corrected chi connectivity index (χ1v) is 7.39. The second kappa shape index (κ2) is 6.61. The molecule has 0 aliphatic heterocycles. The molecule has 2 aromatic carbocycles. The Balaban J connectivity index is 2.11. The summed E-state index contributed by atoms with van der Waals surface area (Å²) in [6.45, 7) is 1.79. The quantitative estimate of drug-likeness (QED) is 0.677. The van der Waals surface area contributed by atoms with Gasteiger partial charge in [0.05, 0.1) is 5.02 Å². The molecule has 0 heterocycles. The second-order valence-electron chi connectivity index (χ2n) is 4.26. The number of ether oxygens (including phenoxy) is 1. The molecule has 0 amide bonds. The van der Waals surface area contributed by atoms with Crippen LogP contribution in [0, 0.1) is 6.92 Å². The first-order chi connectivity index (χ1) is 9.47. The molecule has 0 saturated carbocycles. The Bertz CT molecular complexity index is 633. The number of carbonyl (C=O) groups excluding carboxylic acids is 1. The third-order valence-corrected chi connectivity index (χ3v) is 3.66. The fourth-order valence-corrected chi connectivity index (χ4v) is 2.97. The van der Waals surface area contributed by atoms with E-state index in [0.717, 1.165) is 10.0 Å². The molecule has 0 aliphatic carbocycles. The summed E-state index contributed by atoms with van der Waals surface area (Å²) in [6, 6.07) is 10.4. The van der Waals surface area contributed by atoms with Crippen molar-refractivity contribution in [2.45, 2.75) is 6.92 Å². The Hall–Kier alpha value is -1.03. The van der Waals surface area contributed by atoms with Crippen molar-refractivity contribution in [3.63, 3.8) is 0 Å². The molecular formula is C15H11BrCl2O2. The lowest BCUT2D eigenvalue weighted by atomic mass is 10.1. The summed E-state index contributed by atoms with van der Waals surface area (Å²) in [6.07, 6.45) is 0. The van der Waals surface area contributed by atoms with Crippen LogP contribution in [0.4, 0.5) is 0 Å². The molecule has 20 heavy (non-hydrogen) atoms. The van der Waals surface area contributed by atoms with Crippen LogP contribution in [0.2, 0.25) is 10.0 Å². The van der Waals surface area contributed by atoms with Gasteiger partial charge in [-0.25, -0.2) is 0 Å².